The third-order valence-corrected chi connectivity index (χ3v) is 10.2. The van der Waals surface area contributed by atoms with Gasteiger partial charge in [0.2, 0.25) is 0 Å². The van der Waals surface area contributed by atoms with Gasteiger partial charge in [-0.25, -0.2) is 14.8 Å². The van der Waals surface area contributed by atoms with Crippen LogP contribution in [0, 0.1) is 11.3 Å². The zero-order valence-corrected chi connectivity index (χ0v) is 27.0. The molecule has 3 aliphatic rings. The quantitative estimate of drug-likeness (QED) is 0.321. The van der Waals surface area contributed by atoms with Crippen LogP contribution < -0.4 is 9.47 Å². The Labute approximate surface area is 267 Å². The molecule has 238 valence electrons. The number of rotatable bonds is 6. The Bertz CT molecular complexity index is 1650. The van der Waals surface area contributed by atoms with Crippen LogP contribution in [-0.4, -0.2) is 82.1 Å². The maximum absolute atomic E-state index is 13.9. The second-order valence-electron chi connectivity index (χ2n) is 12.8. The second kappa shape index (κ2) is 12.4. The van der Waals surface area contributed by atoms with Gasteiger partial charge < -0.3 is 24.4 Å². The molecule has 45 heavy (non-hydrogen) atoms. The van der Waals surface area contributed by atoms with Gasteiger partial charge in [0.05, 0.1) is 36.3 Å². The maximum atomic E-state index is 13.9. The molecule has 0 bridgehead atoms. The number of ketones is 1. The van der Waals surface area contributed by atoms with Gasteiger partial charge >= 0.3 is 12.0 Å². The van der Waals surface area contributed by atoms with Gasteiger partial charge in [0.25, 0.3) is 0 Å². The molecule has 2 aliphatic heterocycles. The smallest absolute Gasteiger partial charge is 0.320 e. The Morgan fingerprint density at radius 1 is 1.18 bits per heavy atom. The van der Waals surface area contributed by atoms with Gasteiger partial charge in [0.1, 0.15) is 28.3 Å². The summed E-state index contributed by atoms with van der Waals surface area (Å²) in [5.74, 6) is 0.179. The van der Waals surface area contributed by atoms with Crippen molar-refractivity contribution in [1.29, 1.82) is 0 Å². The van der Waals surface area contributed by atoms with Crippen molar-refractivity contribution in [2.24, 2.45) is 11.3 Å². The lowest BCUT2D eigenvalue weighted by Crippen LogP contribution is -2.47. The molecule has 2 fully saturated rings. The Balaban J connectivity index is 1.33. The monoisotopic (exact) mass is 632 g/mol. The molecule has 1 saturated heterocycles. The van der Waals surface area contributed by atoms with Crippen LogP contribution in [-0.2, 0) is 9.59 Å². The lowest BCUT2D eigenvalue weighted by Gasteiger charge is -2.29. The van der Waals surface area contributed by atoms with Crippen molar-refractivity contribution in [3.63, 3.8) is 0 Å². The molecule has 10 nitrogen and oxygen atoms in total. The molecule has 1 saturated carbocycles. The van der Waals surface area contributed by atoms with Gasteiger partial charge in [0.15, 0.2) is 5.78 Å². The van der Waals surface area contributed by atoms with Crippen LogP contribution in [0.4, 0.5) is 4.79 Å². The van der Waals surface area contributed by atoms with Gasteiger partial charge in [-0.15, -0.1) is 11.3 Å². The van der Waals surface area contributed by atoms with Crippen LogP contribution in [0.25, 0.3) is 21.6 Å². The van der Waals surface area contributed by atoms with Crippen molar-refractivity contribution >= 4 is 40.0 Å². The number of carbonyl (C=O) groups is 3. The van der Waals surface area contributed by atoms with E-state index in [9.17, 15) is 19.5 Å². The fourth-order valence-corrected chi connectivity index (χ4v) is 7.42. The first-order valence-corrected chi connectivity index (χ1v) is 16.5. The number of amides is 2. The van der Waals surface area contributed by atoms with Crippen LogP contribution in [0.2, 0.25) is 0 Å². The largest absolute Gasteiger partial charge is 0.497 e. The number of Topliss-reactive ketones (excluding diaryl/α,β-unsaturated/α-hetero) is 1. The fourth-order valence-electron chi connectivity index (χ4n) is 6.48. The van der Waals surface area contributed by atoms with E-state index in [-0.39, 0.29) is 43.0 Å². The summed E-state index contributed by atoms with van der Waals surface area (Å²) in [6.07, 6.45) is 6.66. The zero-order valence-electron chi connectivity index (χ0n) is 26.2. The first-order chi connectivity index (χ1) is 21.6. The van der Waals surface area contributed by atoms with Crippen LogP contribution in [0.15, 0.2) is 41.8 Å². The van der Waals surface area contributed by atoms with E-state index in [4.69, 9.17) is 19.4 Å². The third kappa shape index (κ3) is 6.14. The number of aromatic nitrogens is 2. The molecule has 4 atom stereocenters. The van der Waals surface area contributed by atoms with E-state index in [2.05, 4.69) is 13.8 Å². The summed E-state index contributed by atoms with van der Waals surface area (Å²) in [6.45, 7) is 4.98. The van der Waals surface area contributed by atoms with Crippen LogP contribution in [0.5, 0.6) is 11.5 Å². The van der Waals surface area contributed by atoms with Gasteiger partial charge in [0, 0.05) is 49.3 Å². The molecule has 4 heterocycles. The number of carbonyl (C=O) groups excluding carboxylic acids is 2. The number of urea groups is 1. The highest BCUT2D eigenvalue weighted by Gasteiger charge is 2.61. The summed E-state index contributed by atoms with van der Waals surface area (Å²) < 4.78 is 12.1. The number of aliphatic carboxylic acids is 1. The number of carboxylic acid groups (broad SMARTS) is 1. The number of fused-ring (bicyclic) bond motifs is 3. The topological polar surface area (TPSA) is 122 Å². The number of benzene rings is 1. The number of allylic oxidation sites excluding steroid dienone is 2. The highest BCUT2D eigenvalue weighted by atomic mass is 32.1. The number of methoxy groups -OCH3 is 1. The lowest BCUT2D eigenvalue weighted by molar-refractivity contribution is -0.146. The van der Waals surface area contributed by atoms with Gasteiger partial charge in [-0.05, 0) is 49.7 Å². The molecule has 2 amide bonds. The van der Waals surface area contributed by atoms with Crippen molar-refractivity contribution in [2.45, 2.75) is 70.4 Å². The van der Waals surface area contributed by atoms with Crippen LogP contribution in [0.1, 0.15) is 64.0 Å². The molecule has 1 aromatic carbocycles. The predicted octanol–water partition coefficient (Wildman–Crippen LogP) is 6.15. The molecule has 0 radical (unpaired) electrons. The Hall–Kier alpha value is -3.99. The first-order valence-electron chi connectivity index (χ1n) is 15.7. The molecule has 0 spiro atoms. The summed E-state index contributed by atoms with van der Waals surface area (Å²) in [5.41, 5.74) is 1.24. The highest BCUT2D eigenvalue weighted by molar-refractivity contribution is 7.13. The number of hydrogen-bond donors (Lipinski definition) is 1. The minimum absolute atomic E-state index is 0.105. The molecule has 1 N–H and O–H groups in total. The number of thiazole rings is 1. The summed E-state index contributed by atoms with van der Waals surface area (Å²) in [4.78, 5) is 52.9. The Kier molecular flexibility index (Phi) is 8.56. The Morgan fingerprint density at radius 2 is 2.00 bits per heavy atom. The second-order valence-corrected chi connectivity index (χ2v) is 13.7. The number of pyridine rings is 1. The van der Waals surface area contributed by atoms with E-state index in [1.54, 1.807) is 24.0 Å². The molecule has 3 aromatic rings. The third-order valence-electron chi connectivity index (χ3n) is 9.34. The molecular weight excluding hydrogens is 592 g/mol. The Morgan fingerprint density at radius 3 is 2.73 bits per heavy atom. The van der Waals surface area contributed by atoms with Crippen molar-refractivity contribution in [2.75, 3.05) is 27.2 Å². The van der Waals surface area contributed by atoms with E-state index in [0.717, 1.165) is 35.4 Å². The lowest BCUT2D eigenvalue weighted by atomic mass is 9.92. The van der Waals surface area contributed by atoms with E-state index < -0.39 is 23.5 Å². The summed E-state index contributed by atoms with van der Waals surface area (Å²) >= 11 is 1.52. The summed E-state index contributed by atoms with van der Waals surface area (Å²) in [7, 11) is 3.36. The average Bonchev–Trinajstić information content (AvgIpc) is 3.33. The van der Waals surface area contributed by atoms with Crippen LogP contribution in [0.3, 0.4) is 0 Å². The highest BCUT2D eigenvalue weighted by Crippen LogP contribution is 2.57. The molecular formula is C34H40N4O6S. The SMILES string of the molecule is COc1ccc2c(O[C@@H]3C[C@H]4C(=O)C[C@]5(C(=O)O)C[C@H]5/C=C\CCCCN(C)C(=O)N4C3)cc(-c3nc(C(C)C)cs3)nc2c1. The molecule has 6 rings (SSSR count). The molecule has 1 aliphatic carbocycles. The maximum Gasteiger partial charge on any atom is 0.320 e. The number of hydrogen-bond acceptors (Lipinski definition) is 8. The fraction of sp³-hybridized carbons (Fsp3) is 0.500. The number of nitrogens with zero attached hydrogens (tertiary/aromatic N) is 4. The number of carboxylic acids is 1. The first kappa shape index (κ1) is 31.0. The van der Waals surface area contributed by atoms with E-state index in [1.807, 2.05) is 41.8 Å². The zero-order chi connectivity index (χ0) is 31.9. The van der Waals surface area contributed by atoms with Gasteiger partial charge in [-0.3, -0.25) is 9.59 Å². The molecule has 11 heteroatoms. The number of ether oxygens (including phenoxy) is 2. The summed E-state index contributed by atoms with van der Waals surface area (Å²) in [5, 5.41) is 13.7. The summed E-state index contributed by atoms with van der Waals surface area (Å²) in [6, 6.07) is 6.47. The minimum atomic E-state index is -1.10. The van der Waals surface area contributed by atoms with E-state index >= 15 is 0 Å². The van der Waals surface area contributed by atoms with Crippen molar-refractivity contribution in [3.8, 4) is 22.2 Å². The van der Waals surface area contributed by atoms with Crippen molar-refractivity contribution < 1.29 is 29.0 Å². The van der Waals surface area contributed by atoms with Crippen LogP contribution >= 0.6 is 11.3 Å². The van der Waals surface area contributed by atoms with E-state index in [1.165, 1.54) is 11.3 Å². The van der Waals surface area contributed by atoms with Crippen molar-refractivity contribution in [3.05, 3.63) is 47.5 Å². The van der Waals surface area contributed by atoms with Gasteiger partial charge in [-0.2, -0.15) is 0 Å². The average molecular weight is 633 g/mol. The van der Waals surface area contributed by atoms with Gasteiger partial charge in [-0.1, -0.05) is 26.0 Å². The minimum Gasteiger partial charge on any atom is -0.497 e. The predicted molar refractivity (Wildman–Crippen MR) is 172 cm³/mol. The van der Waals surface area contributed by atoms with Crippen molar-refractivity contribution in [1.82, 2.24) is 19.8 Å². The van der Waals surface area contributed by atoms with E-state index in [0.29, 0.717) is 35.7 Å². The normalized spacial score (nSPS) is 26.4. The standard InChI is InChI=1S/C34H40N4O6S/c1-20(2)27-19-45-31(36-27)26-15-30(24-11-10-22(43-4)13-25(24)35-26)44-23-14-28-29(39)17-34(32(40)41)16-21(34)9-7-5-6-8-12-37(3)33(42)38(28)18-23/h7,9-11,13,15,19-21,23,28H,5-6,8,12,14,16-18H2,1-4H3,(H,40,41)/b9-7-/t21-,23-,28+,34-/m1/s1. The molecule has 0 unspecified atom stereocenters. The molecule has 2 aromatic heterocycles.